The second-order valence-corrected chi connectivity index (χ2v) is 2.51. The second kappa shape index (κ2) is 2.94. The van der Waals surface area contributed by atoms with Gasteiger partial charge in [-0.25, -0.2) is 0 Å². The van der Waals surface area contributed by atoms with Gasteiger partial charge in [-0.2, -0.15) is 0 Å². The number of rotatable bonds is 0. The fourth-order valence-electron chi connectivity index (χ4n) is 0.482. The van der Waals surface area contributed by atoms with Gasteiger partial charge in [0.25, 0.3) is 0 Å². The highest BCUT2D eigenvalue weighted by Gasteiger charge is 2.02. The summed E-state index contributed by atoms with van der Waals surface area (Å²) in [5, 5.41) is 5.65. The van der Waals surface area contributed by atoms with Crippen molar-refractivity contribution in [3.05, 3.63) is 0 Å². The Morgan fingerprint density at radius 3 is 3.25 bits per heavy atom. The summed E-state index contributed by atoms with van der Waals surface area (Å²) in [5.74, 6) is 1.71. The molecule has 0 radical (unpaired) electrons. The van der Waals surface area contributed by atoms with Crippen LogP contribution in [-0.4, -0.2) is 24.2 Å². The first-order valence-corrected chi connectivity index (χ1v) is 3.60. The van der Waals surface area contributed by atoms with Crippen LogP contribution in [0.3, 0.4) is 0 Å². The van der Waals surface area contributed by atoms with Crippen LogP contribution in [0.15, 0.2) is 0 Å². The lowest BCUT2D eigenvalue weighted by molar-refractivity contribution is -0.119. The summed E-state index contributed by atoms with van der Waals surface area (Å²) >= 11 is 1.68. The van der Waals surface area contributed by atoms with Gasteiger partial charge in [0, 0.05) is 5.88 Å². The van der Waals surface area contributed by atoms with Gasteiger partial charge < -0.3 is 5.32 Å². The minimum Gasteiger partial charge on any atom is -0.346 e. The molecule has 46 valence electrons. The molecule has 8 heavy (non-hydrogen) atoms. The number of hydrogen-bond donors (Lipinski definition) is 2. The molecule has 4 heteroatoms. The van der Waals surface area contributed by atoms with Crippen molar-refractivity contribution in [3.63, 3.8) is 0 Å². The minimum atomic E-state index is 0.0926. The van der Waals surface area contributed by atoms with Crippen molar-refractivity contribution in [2.24, 2.45) is 0 Å². The van der Waals surface area contributed by atoms with Gasteiger partial charge in [0.05, 0.1) is 12.4 Å². The Kier molecular flexibility index (Phi) is 2.17. The Morgan fingerprint density at radius 2 is 2.38 bits per heavy atom. The van der Waals surface area contributed by atoms with E-state index >= 15 is 0 Å². The molecule has 0 aromatic heterocycles. The molecule has 1 amide bonds. The number of amides is 1. The van der Waals surface area contributed by atoms with Gasteiger partial charge in [-0.15, -0.1) is 11.8 Å². The van der Waals surface area contributed by atoms with Crippen LogP contribution < -0.4 is 10.6 Å². The fraction of sp³-hybridized carbons (Fsp3) is 0.750. The van der Waals surface area contributed by atoms with Gasteiger partial charge in [0.2, 0.25) is 5.91 Å². The lowest BCUT2D eigenvalue weighted by Gasteiger charge is -1.92. The minimum absolute atomic E-state index is 0.0926. The summed E-state index contributed by atoms with van der Waals surface area (Å²) in [6, 6.07) is 0. The molecule has 1 heterocycles. The third-order valence-electron chi connectivity index (χ3n) is 0.861. The summed E-state index contributed by atoms with van der Waals surface area (Å²) < 4.78 is 0. The van der Waals surface area contributed by atoms with Crippen molar-refractivity contribution in [1.29, 1.82) is 0 Å². The van der Waals surface area contributed by atoms with Crippen molar-refractivity contribution < 1.29 is 4.79 Å². The van der Waals surface area contributed by atoms with Gasteiger partial charge in [-0.05, 0) is 0 Å². The number of hydrogen-bond acceptors (Lipinski definition) is 3. The standard InChI is InChI=1S/C4H8N2OS/c7-4-1-5-2-8-3-6-4/h5H,1-3H2,(H,6,7). The van der Waals surface area contributed by atoms with Gasteiger partial charge >= 0.3 is 0 Å². The Bertz CT molecular complexity index is 86.0. The first kappa shape index (κ1) is 5.91. The molecule has 1 rings (SSSR count). The van der Waals surface area contributed by atoms with Crippen LogP contribution in [0.4, 0.5) is 0 Å². The van der Waals surface area contributed by atoms with E-state index in [4.69, 9.17) is 0 Å². The van der Waals surface area contributed by atoms with Crippen molar-refractivity contribution in [1.82, 2.24) is 10.6 Å². The molecule has 2 N–H and O–H groups in total. The van der Waals surface area contributed by atoms with Crippen LogP contribution in [0.2, 0.25) is 0 Å². The Labute approximate surface area is 52.2 Å². The monoisotopic (exact) mass is 132 g/mol. The van der Waals surface area contributed by atoms with Crippen LogP contribution in [0.1, 0.15) is 0 Å². The van der Waals surface area contributed by atoms with E-state index in [-0.39, 0.29) is 5.91 Å². The van der Waals surface area contributed by atoms with Gasteiger partial charge in [-0.1, -0.05) is 0 Å². The predicted octanol–water partition coefficient (Wildman–Crippen LogP) is -0.646. The Hall–Kier alpha value is -0.220. The third-order valence-corrected chi connectivity index (χ3v) is 1.62. The molecule has 0 atom stereocenters. The zero-order valence-electron chi connectivity index (χ0n) is 4.44. The van der Waals surface area contributed by atoms with Gasteiger partial charge in [0.1, 0.15) is 0 Å². The van der Waals surface area contributed by atoms with Crippen LogP contribution in [0.5, 0.6) is 0 Å². The van der Waals surface area contributed by atoms with E-state index in [1.54, 1.807) is 11.8 Å². The first-order chi connectivity index (χ1) is 3.89. The quantitative estimate of drug-likeness (QED) is 0.460. The largest absolute Gasteiger partial charge is 0.346 e. The van der Waals surface area contributed by atoms with Crippen LogP contribution in [0, 0.1) is 0 Å². The summed E-state index contributed by atoms with van der Waals surface area (Å²) in [4.78, 5) is 10.5. The maximum Gasteiger partial charge on any atom is 0.234 e. The zero-order valence-corrected chi connectivity index (χ0v) is 5.25. The molecule has 0 aliphatic carbocycles. The maximum absolute atomic E-state index is 10.5. The van der Waals surface area contributed by atoms with Crippen LogP contribution >= 0.6 is 11.8 Å². The molecular weight excluding hydrogens is 124 g/mol. The van der Waals surface area contributed by atoms with Gasteiger partial charge in [0.15, 0.2) is 0 Å². The summed E-state index contributed by atoms with van der Waals surface area (Å²) in [6.07, 6.45) is 0. The Balaban J connectivity index is 2.27. The average molecular weight is 132 g/mol. The highest BCUT2D eigenvalue weighted by molar-refractivity contribution is 7.99. The highest BCUT2D eigenvalue weighted by Crippen LogP contribution is 1.94. The molecule has 1 aliphatic rings. The van der Waals surface area contributed by atoms with E-state index < -0.39 is 0 Å². The summed E-state index contributed by atoms with van der Waals surface area (Å²) in [5.41, 5.74) is 0. The fourth-order valence-corrected chi connectivity index (χ4v) is 1.09. The smallest absolute Gasteiger partial charge is 0.234 e. The van der Waals surface area contributed by atoms with E-state index in [0.717, 1.165) is 11.8 Å². The normalized spacial score (nSPS) is 21.8. The molecule has 0 aromatic rings. The third kappa shape index (κ3) is 1.71. The zero-order chi connectivity index (χ0) is 5.82. The first-order valence-electron chi connectivity index (χ1n) is 2.45. The molecule has 3 nitrogen and oxygen atoms in total. The number of carbonyl (C=O) groups excluding carboxylic acids is 1. The molecule has 0 spiro atoms. The van der Waals surface area contributed by atoms with E-state index in [9.17, 15) is 4.79 Å². The van der Waals surface area contributed by atoms with Crippen LogP contribution in [0.25, 0.3) is 0 Å². The molecule has 0 saturated carbocycles. The van der Waals surface area contributed by atoms with Crippen LogP contribution in [-0.2, 0) is 4.79 Å². The van der Waals surface area contributed by atoms with Gasteiger partial charge in [-0.3, -0.25) is 10.1 Å². The molecule has 0 bridgehead atoms. The highest BCUT2D eigenvalue weighted by atomic mass is 32.2. The molecular formula is C4H8N2OS. The summed E-state index contributed by atoms with van der Waals surface area (Å²) in [7, 11) is 0. The van der Waals surface area contributed by atoms with Crippen molar-refractivity contribution >= 4 is 17.7 Å². The molecule has 0 unspecified atom stereocenters. The molecule has 1 aliphatic heterocycles. The number of thioether (sulfide) groups is 1. The molecule has 1 saturated heterocycles. The van der Waals surface area contributed by atoms with Crippen molar-refractivity contribution in [2.45, 2.75) is 0 Å². The lowest BCUT2D eigenvalue weighted by atomic mass is 10.6. The predicted molar refractivity (Wildman–Crippen MR) is 33.5 cm³/mol. The van der Waals surface area contributed by atoms with Crippen molar-refractivity contribution in [2.75, 3.05) is 18.3 Å². The maximum atomic E-state index is 10.5. The van der Waals surface area contributed by atoms with E-state index in [1.807, 2.05) is 0 Å². The average Bonchev–Trinajstić information content (AvgIpc) is 1.94. The van der Waals surface area contributed by atoms with E-state index in [0.29, 0.717) is 6.54 Å². The van der Waals surface area contributed by atoms with E-state index in [2.05, 4.69) is 10.6 Å². The van der Waals surface area contributed by atoms with E-state index in [1.165, 1.54) is 0 Å². The number of nitrogens with one attached hydrogen (secondary N) is 2. The lowest BCUT2D eigenvalue weighted by Crippen LogP contribution is -2.28. The number of carbonyl (C=O) groups is 1. The van der Waals surface area contributed by atoms with Crippen molar-refractivity contribution in [3.8, 4) is 0 Å². The summed E-state index contributed by atoms with van der Waals surface area (Å²) in [6.45, 7) is 0.465. The second-order valence-electron chi connectivity index (χ2n) is 1.52. The molecule has 1 fully saturated rings. The molecule has 0 aromatic carbocycles. The topological polar surface area (TPSA) is 41.1 Å². The SMILES string of the molecule is O=C1CNCSCN1. The Morgan fingerprint density at radius 1 is 1.50 bits per heavy atom.